The molecule has 88 valence electrons. The molecule has 2 aromatic heterocycles. The van der Waals surface area contributed by atoms with Crippen LogP contribution < -0.4 is 5.32 Å². The Hall–Kier alpha value is -2.10. The van der Waals surface area contributed by atoms with E-state index in [4.69, 9.17) is 0 Å². The Labute approximate surface area is 101 Å². The highest BCUT2D eigenvalue weighted by Gasteiger charge is 2.01. The van der Waals surface area contributed by atoms with Gasteiger partial charge < -0.3 is 9.88 Å². The van der Waals surface area contributed by atoms with Crippen LogP contribution in [0.1, 0.15) is 5.56 Å². The van der Waals surface area contributed by atoms with Gasteiger partial charge in [-0.2, -0.15) is 0 Å². The third kappa shape index (κ3) is 3.17. The number of anilines is 1. The minimum absolute atomic E-state index is 0.728. The van der Waals surface area contributed by atoms with Crippen LogP contribution in [0.2, 0.25) is 0 Å². The molecule has 0 radical (unpaired) electrons. The standard InChI is InChI=1S/C13H16N4/c1-2-6-15-13-16-9-11-17(13)10-5-12-3-7-14-8-4-12/h2-4,7-9,11H,1,5-6,10H2,(H,15,16). The fraction of sp³-hybridized carbons (Fsp3) is 0.231. The Balaban J connectivity index is 1.95. The number of hydrogen-bond acceptors (Lipinski definition) is 3. The van der Waals surface area contributed by atoms with Gasteiger partial charge in [0.1, 0.15) is 0 Å². The van der Waals surface area contributed by atoms with Gasteiger partial charge in [-0.1, -0.05) is 6.08 Å². The van der Waals surface area contributed by atoms with Crippen LogP contribution in [0.25, 0.3) is 0 Å². The van der Waals surface area contributed by atoms with Crippen molar-refractivity contribution in [3.05, 3.63) is 55.1 Å². The topological polar surface area (TPSA) is 42.7 Å². The Kier molecular flexibility index (Phi) is 3.91. The van der Waals surface area contributed by atoms with E-state index in [2.05, 4.69) is 26.4 Å². The second-order valence-electron chi connectivity index (χ2n) is 3.72. The van der Waals surface area contributed by atoms with Crippen molar-refractivity contribution in [3.8, 4) is 0 Å². The Morgan fingerprint density at radius 1 is 1.29 bits per heavy atom. The summed E-state index contributed by atoms with van der Waals surface area (Å²) in [5.41, 5.74) is 1.28. The van der Waals surface area contributed by atoms with Crippen molar-refractivity contribution >= 4 is 5.95 Å². The van der Waals surface area contributed by atoms with Crippen LogP contribution >= 0.6 is 0 Å². The molecule has 0 aliphatic carbocycles. The van der Waals surface area contributed by atoms with Gasteiger partial charge in [0.25, 0.3) is 0 Å². The van der Waals surface area contributed by atoms with E-state index in [1.165, 1.54) is 5.56 Å². The molecule has 0 fully saturated rings. The minimum Gasteiger partial charge on any atom is -0.352 e. The number of hydrogen-bond donors (Lipinski definition) is 1. The summed E-state index contributed by atoms with van der Waals surface area (Å²) in [4.78, 5) is 8.26. The molecule has 4 heteroatoms. The highest BCUT2D eigenvalue weighted by atomic mass is 15.2. The van der Waals surface area contributed by atoms with Gasteiger partial charge in [-0.3, -0.25) is 4.98 Å². The second kappa shape index (κ2) is 5.84. The zero-order valence-electron chi connectivity index (χ0n) is 9.71. The van der Waals surface area contributed by atoms with Gasteiger partial charge >= 0.3 is 0 Å². The minimum atomic E-state index is 0.728. The van der Waals surface area contributed by atoms with Crippen molar-refractivity contribution in [1.29, 1.82) is 0 Å². The fourth-order valence-electron chi connectivity index (χ4n) is 1.62. The molecule has 2 heterocycles. The third-order valence-corrected chi connectivity index (χ3v) is 2.51. The number of nitrogens with one attached hydrogen (secondary N) is 1. The average molecular weight is 228 g/mol. The molecule has 0 saturated carbocycles. The molecule has 0 bridgehead atoms. The molecular formula is C13H16N4. The number of nitrogens with zero attached hydrogens (tertiary/aromatic N) is 3. The van der Waals surface area contributed by atoms with Gasteiger partial charge in [0, 0.05) is 37.9 Å². The summed E-state index contributed by atoms with van der Waals surface area (Å²) in [7, 11) is 0. The zero-order chi connectivity index (χ0) is 11.9. The molecular weight excluding hydrogens is 212 g/mol. The smallest absolute Gasteiger partial charge is 0.203 e. The van der Waals surface area contributed by atoms with Crippen LogP contribution in [0.5, 0.6) is 0 Å². The van der Waals surface area contributed by atoms with Crippen LogP contribution in [0.3, 0.4) is 0 Å². The van der Waals surface area contributed by atoms with Gasteiger partial charge in [-0.05, 0) is 24.1 Å². The van der Waals surface area contributed by atoms with E-state index in [9.17, 15) is 0 Å². The molecule has 0 unspecified atom stereocenters. The van der Waals surface area contributed by atoms with Crippen LogP contribution in [-0.4, -0.2) is 21.1 Å². The Morgan fingerprint density at radius 3 is 2.88 bits per heavy atom. The van der Waals surface area contributed by atoms with E-state index in [-0.39, 0.29) is 0 Å². The SMILES string of the molecule is C=CCNc1nccn1CCc1ccncc1. The molecule has 0 spiro atoms. The first-order chi connectivity index (χ1) is 8.40. The van der Waals surface area contributed by atoms with Crippen LogP contribution in [0.15, 0.2) is 49.6 Å². The van der Waals surface area contributed by atoms with E-state index in [0.29, 0.717) is 0 Å². The molecule has 0 atom stereocenters. The molecule has 0 amide bonds. The predicted octanol–water partition coefficient (Wildman–Crippen LogP) is 2.12. The van der Waals surface area contributed by atoms with Crippen LogP contribution in [0.4, 0.5) is 5.95 Å². The number of aryl methyl sites for hydroxylation is 2. The predicted molar refractivity (Wildman–Crippen MR) is 68.9 cm³/mol. The summed E-state index contributed by atoms with van der Waals surface area (Å²) in [5.74, 6) is 0.888. The van der Waals surface area contributed by atoms with E-state index in [0.717, 1.165) is 25.5 Å². The number of pyridine rings is 1. The zero-order valence-corrected chi connectivity index (χ0v) is 9.71. The summed E-state index contributed by atoms with van der Waals surface area (Å²) in [6.07, 6.45) is 10.2. The molecule has 1 N–H and O–H groups in total. The summed E-state index contributed by atoms with van der Waals surface area (Å²) in [5, 5.41) is 3.20. The Morgan fingerprint density at radius 2 is 2.12 bits per heavy atom. The molecule has 2 rings (SSSR count). The van der Waals surface area contributed by atoms with Crippen molar-refractivity contribution in [2.24, 2.45) is 0 Å². The number of aromatic nitrogens is 3. The first-order valence-electron chi connectivity index (χ1n) is 5.65. The monoisotopic (exact) mass is 228 g/mol. The van der Waals surface area contributed by atoms with Crippen LogP contribution in [0, 0.1) is 0 Å². The van der Waals surface area contributed by atoms with Crippen molar-refractivity contribution in [2.75, 3.05) is 11.9 Å². The summed E-state index contributed by atoms with van der Waals surface area (Å²) in [6.45, 7) is 5.31. The van der Waals surface area contributed by atoms with Crippen molar-refractivity contribution in [3.63, 3.8) is 0 Å². The first-order valence-corrected chi connectivity index (χ1v) is 5.65. The summed E-state index contributed by atoms with van der Waals surface area (Å²) < 4.78 is 2.10. The maximum atomic E-state index is 4.26. The fourth-order valence-corrected chi connectivity index (χ4v) is 1.62. The molecule has 0 aromatic carbocycles. The summed E-state index contributed by atoms with van der Waals surface area (Å²) in [6, 6.07) is 4.07. The van der Waals surface area contributed by atoms with Crippen molar-refractivity contribution < 1.29 is 0 Å². The highest BCUT2D eigenvalue weighted by Crippen LogP contribution is 2.07. The lowest BCUT2D eigenvalue weighted by atomic mass is 10.2. The van der Waals surface area contributed by atoms with Gasteiger partial charge in [0.2, 0.25) is 5.95 Å². The number of rotatable bonds is 6. The lowest BCUT2D eigenvalue weighted by Crippen LogP contribution is -2.08. The highest BCUT2D eigenvalue weighted by molar-refractivity contribution is 5.27. The van der Waals surface area contributed by atoms with E-state index < -0.39 is 0 Å². The largest absolute Gasteiger partial charge is 0.352 e. The van der Waals surface area contributed by atoms with Gasteiger partial charge in [0.05, 0.1) is 0 Å². The first kappa shape index (κ1) is 11.4. The van der Waals surface area contributed by atoms with E-state index >= 15 is 0 Å². The lowest BCUT2D eigenvalue weighted by Gasteiger charge is -2.08. The molecule has 4 nitrogen and oxygen atoms in total. The molecule has 0 saturated heterocycles. The normalized spacial score (nSPS) is 10.1. The third-order valence-electron chi connectivity index (χ3n) is 2.51. The van der Waals surface area contributed by atoms with Gasteiger partial charge in [-0.15, -0.1) is 6.58 Å². The van der Waals surface area contributed by atoms with Gasteiger partial charge in [0.15, 0.2) is 0 Å². The van der Waals surface area contributed by atoms with Crippen LogP contribution in [-0.2, 0) is 13.0 Å². The molecule has 0 aliphatic rings. The quantitative estimate of drug-likeness (QED) is 0.770. The Bertz CT molecular complexity index is 461. The number of imidazole rings is 1. The molecule has 17 heavy (non-hydrogen) atoms. The van der Waals surface area contributed by atoms with Gasteiger partial charge in [-0.25, -0.2) is 4.98 Å². The molecule has 0 aliphatic heterocycles. The van der Waals surface area contributed by atoms with Crippen molar-refractivity contribution in [1.82, 2.24) is 14.5 Å². The van der Waals surface area contributed by atoms with Crippen molar-refractivity contribution in [2.45, 2.75) is 13.0 Å². The average Bonchev–Trinajstić information content (AvgIpc) is 2.82. The van der Waals surface area contributed by atoms with E-state index in [1.54, 1.807) is 6.20 Å². The maximum absolute atomic E-state index is 4.26. The van der Waals surface area contributed by atoms with E-state index in [1.807, 2.05) is 36.8 Å². The lowest BCUT2D eigenvalue weighted by molar-refractivity contribution is 0.701. The summed E-state index contributed by atoms with van der Waals surface area (Å²) >= 11 is 0. The maximum Gasteiger partial charge on any atom is 0.203 e. The molecule has 2 aromatic rings. The second-order valence-corrected chi connectivity index (χ2v) is 3.72.